The van der Waals surface area contributed by atoms with Crippen molar-refractivity contribution in [3.63, 3.8) is 0 Å². The lowest BCUT2D eigenvalue weighted by molar-refractivity contribution is -0.121. The van der Waals surface area contributed by atoms with Gasteiger partial charge in [-0.25, -0.2) is 0 Å². The van der Waals surface area contributed by atoms with Gasteiger partial charge in [0.05, 0.1) is 11.5 Å². The highest BCUT2D eigenvalue weighted by atomic mass is 32.2. The van der Waals surface area contributed by atoms with E-state index in [0.717, 1.165) is 17.7 Å². The zero-order valence-electron chi connectivity index (χ0n) is 11.6. The van der Waals surface area contributed by atoms with Crippen molar-refractivity contribution in [2.45, 2.75) is 20.3 Å². The minimum Gasteiger partial charge on any atom is -0.494 e. The van der Waals surface area contributed by atoms with Gasteiger partial charge in [-0.2, -0.15) is 0 Å². The summed E-state index contributed by atoms with van der Waals surface area (Å²) in [5, 5.41) is 0. The number of ether oxygens (including phenoxy) is 1. The molecule has 1 fully saturated rings. The Morgan fingerprint density at radius 3 is 2.55 bits per heavy atom. The highest BCUT2D eigenvalue weighted by Crippen LogP contribution is 2.32. The number of rotatable bonds is 5. The average molecular weight is 307 g/mol. The van der Waals surface area contributed by atoms with Crippen LogP contribution < -0.4 is 4.74 Å². The maximum atomic E-state index is 12.1. The zero-order valence-corrected chi connectivity index (χ0v) is 13.2. The number of hydrogen-bond donors (Lipinski definition) is 0. The van der Waals surface area contributed by atoms with Gasteiger partial charge >= 0.3 is 0 Å². The molecule has 0 bridgehead atoms. The van der Waals surface area contributed by atoms with Crippen LogP contribution in [0, 0.1) is 0 Å². The van der Waals surface area contributed by atoms with Crippen LogP contribution in [0.25, 0.3) is 6.08 Å². The van der Waals surface area contributed by atoms with E-state index in [-0.39, 0.29) is 5.91 Å². The monoisotopic (exact) mass is 307 g/mol. The maximum absolute atomic E-state index is 12.1. The van der Waals surface area contributed by atoms with E-state index >= 15 is 0 Å². The molecule has 1 aliphatic heterocycles. The molecule has 1 aromatic rings. The molecule has 0 spiro atoms. The second-order valence-electron chi connectivity index (χ2n) is 4.34. The molecule has 1 aromatic carbocycles. The largest absolute Gasteiger partial charge is 0.494 e. The molecular formula is C15H17NO2S2. The van der Waals surface area contributed by atoms with Crippen LogP contribution in [0.5, 0.6) is 5.75 Å². The lowest BCUT2D eigenvalue weighted by atomic mass is 10.2. The molecule has 2 rings (SSSR count). The summed E-state index contributed by atoms with van der Waals surface area (Å²) in [4.78, 5) is 14.4. The lowest BCUT2D eigenvalue weighted by Gasteiger charge is -2.09. The predicted molar refractivity (Wildman–Crippen MR) is 87.8 cm³/mol. The first-order chi connectivity index (χ1) is 9.65. The van der Waals surface area contributed by atoms with E-state index in [0.29, 0.717) is 22.4 Å². The van der Waals surface area contributed by atoms with Gasteiger partial charge in [0.2, 0.25) is 0 Å². The molecule has 0 aliphatic carbocycles. The molecule has 0 N–H and O–H groups in total. The summed E-state index contributed by atoms with van der Waals surface area (Å²) in [7, 11) is 0. The Hall–Kier alpha value is -1.33. The Morgan fingerprint density at radius 2 is 2.00 bits per heavy atom. The SMILES string of the molecule is CCCOc1ccc(/C=C2\SC(=S)N(CC)C2=O)cc1. The second-order valence-corrected chi connectivity index (χ2v) is 6.02. The molecule has 3 nitrogen and oxygen atoms in total. The maximum Gasteiger partial charge on any atom is 0.266 e. The fourth-order valence-electron chi connectivity index (χ4n) is 1.80. The fourth-order valence-corrected chi connectivity index (χ4v) is 3.19. The predicted octanol–water partition coefficient (Wildman–Crippen LogP) is 3.70. The summed E-state index contributed by atoms with van der Waals surface area (Å²) < 4.78 is 6.16. The normalized spacial score (nSPS) is 17.1. The molecule has 0 saturated carbocycles. The topological polar surface area (TPSA) is 29.5 Å². The number of amides is 1. The second kappa shape index (κ2) is 6.90. The summed E-state index contributed by atoms with van der Waals surface area (Å²) in [6, 6.07) is 7.73. The lowest BCUT2D eigenvalue weighted by Crippen LogP contribution is -2.27. The van der Waals surface area contributed by atoms with Gasteiger partial charge in [-0.3, -0.25) is 9.69 Å². The quantitative estimate of drug-likeness (QED) is 0.613. The van der Waals surface area contributed by atoms with Crippen LogP contribution in [0.3, 0.4) is 0 Å². The van der Waals surface area contributed by atoms with Gasteiger partial charge < -0.3 is 4.74 Å². The number of carbonyl (C=O) groups is 1. The number of nitrogens with zero attached hydrogens (tertiary/aromatic N) is 1. The molecule has 1 amide bonds. The van der Waals surface area contributed by atoms with Crippen molar-refractivity contribution in [3.05, 3.63) is 34.7 Å². The van der Waals surface area contributed by atoms with E-state index in [1.54, 1.807) is 4.90 Å². The highest BCUT2D eigenvalue weighted by Gasteiger charge is 2.30. The summed E-state index contributed by atoms with van der Waals surface area (Å²) in [6.45, 7) is 5.33. The number of hydrogen-bond acceptors (Lipinski definition) is 4. The van der Waals surface area contributed by atoms with Crippen molar-refractivity contribution in [1.29, 1.82) is 0 Å². The molecule has 0 aromatic heterocycles. The minimum absolute atomic E-state index is 0.00573. The van der Waals surface area contributed by atoms with Gasteiger partial charge in [-0.1, -0.05) is 43.0 Å². The van der Waals surface area contributed by atoms with Crippen LogP contribution in [0.1, 0.15) is 25.8 Å². The molecule has 0 unspecified atom stereocenters. The third-order valence-electron chi connectivity index (χ3n) is 2.84. The van der Waals surface area contributed by atoms with Crippen LogP contribution in [-0.4, -0.2) is 28.3 Å². The van der Waals surface area contributed by atoms with E-state index in [4.69, 9.17) is 17.0 Å². The number of benzene rings is 1. The van der Waals surface area contributed by atoms with Gasteiger partial charge in [0, 0.05) is 6.54 Å². The third-order valence-corrected chi connectivity index (χ3v) is 4.22. The van der Waals surface area contributed by atoms with Crippen LogP contribution in [0.2, 0.25) is 0 Å². The van der Waals surface area contributed by atoms with Gasteiger partial charge in [0.15, 0.2) is 0 Å². The summed E-state index contributed by atoms with van der Waals surface area (Å²) >= 11 is 6.54. The molecule has 106 valence electrons. The van der Waals surface area contributed by atoms with E-state index in [2.05, 4.69) is 6.92 Å². The van der Waals surface area contributed by atoms with Crippen molar-refractivity contribution in [2.75, 3.05) is 13.2 Å². The summed E-state index contributed by atoms with van der Waals surface area (Å²) in [6.07, 6.45) is 2.86. The number of thioether (sulfide) groups is 1. The number of likely N-dealkylation sites (N-methyl/N-ethyl adjacent to an activating group) is 1. The molecule has 1 saturated heterocycles. The fraction of sp³-hybridized carbons (Fsp3) is 0.333. The van der Waals surface area contributed by atoms with Crippen molar-refractivity contribution in [1.82, 2.24) is 4.90 Å². The smallest absolute Gasteiger partial charge is 0.266 e. The van der Waals surface area contributed by atoms with Gasteiger partial charge in [0.25, 0.3) is 5.91 Å². The number of thiocarbonyl (C=S) groups is 1. The summed E-state index contributed by atoms with van der Waals surface area (Å²) in [5.74, 6) is 0.846. The van der Waals surface area contributed by atoms with Crippen molar-refractivity contribution in [2.24, 2.45) is 0 Å². The van der Waals surface area contributed by atoms with Crippen molar-refractivity contribution < 1.29 is 9.53 Å². The van der Waals surface area contributed by atoms with E-state index in [1.165, 1.54) is 11.8 Å². The average Bonchev–Trinajstić information content (AvgIpc) is 2.72. The van der Waals surface area contributed by atoms with Gasteiger partial charge in [-0.15, -0.1) is 0 Å². The Bertz CT molecular complexity index is 537. The Labute approximate surface area is 129 Å². The standard InChI is InChI=1S/C15H17NO2S2/c1-3-9-18-12-7-5-11(6-8-12)10-13-14(17)16(4-2)15(19)20-13/h5-8,10H,3-4,9H2,1-2H3/b13-10-. The first-order valence-electron chi connectivity index (χ1n) is 6.64. The van der Waals surface area contributed by atoms with Crippen molar-refractivity contribution in [3.8, 4) is 5.75 Å². The molecular weight excluding hydrogens is 290 g/mol. The molecule has 5 heteroatoms. The van der Waals surface area contributed by atoms with Crippen molar-refractivity contribution >= 4 is 40.3 Å². The van der Waals surface area contributed by atoms with E-state index in [9.17, 15) is 4.79 Å². The van der Waals surface area contributed by atoms with Gasteiger partial charge in [0.1, 0.15) is 10.1 Å². The molecule has 0 radical (unpaired) electrons. The first-order valence-corrected chi connectivity index (χ1v) is 7.86. The third kappa shape index (κ3) is 3.41. The molecule has 0 atom stereocenters. The molecule has 1 heterocycles. The van der Waals surface area contributed by atoms with E-state index in [1.807, 2.05) is 37.3 Å². The van der Waals surface area contributed by atoms with Gasteiger partial charge in [-0.05, 0) is 37.1 Å². The summed E-state index contributed by atoms with van der Waals surface area (Å²) in [5.41, 5.74) is 0.977. The van der Waals surface area contributed by atoms with Crippen LogP contribution in [-0.2, 0) is 4.79 Å². The van der Waals surface area contributed by atoms with E-state index < -0.39 is 0 Å². The Morgan fingerprint density at radius 1 is 1.30 bits per heavy atom. The number of carbonyl (C=O) groups excluding carboxylic acids is 1. The molecule has 1 aliphatic rings. The Kier molecular flexibility index (Phi) is 5.20. The zero-order chi connectivity index (χ0) is 14.5. The van der Waals surface area contributed by atoms with Crippen LogP contribution >= 0.6 is 24.0 Å². The highest BCUT2D eigenvalue weighted by molar-refractivity contribution is 8.26. The Balaban J connectivity index is 2.11. The van der Waals surface area contributed by atoms with Crippen LogP contribution in [0.15, 0.2) is 29.2 Å². The minimum atomic E-state index is -0.00573. The molecule has 20 heavy (non-hydrogen) atoms. The first kappa shape index (κ1) is 15.1. The van der Waals surface area contributed by atoms with Crippen LogP contribution in [0.4, 0.5) is 0 Å².